The maximum absolute atomic E-state index is 13.1. The van der Waals surface area contributed by atoms with Crippen molar-refractivity contribution in [2.24, 2.45) is 0 Å². The molecule has 2 aromatic rings. The summed E-state index contributed by atoms with van der Waals surface area (Å²) in [5.41, 5.74) is 0.463. The largest absolute Gasteiger partial charge is 0.508 e. The van der Waals surface area contributed by atoms with E-state index in [1.54, 1.807) is 12.1 Å². The minimum atomic E-state index is -1.80. The zero-order valence-electron chi connectivity index (χ0n) is 29.6. The summed E-state index contributed by atoms with van der Waals surface area (Å²) in [5.74, 6) is -2.37. The van der Waals surface area contributed by atoms with E-state index in [2.05, 4.69) is 55.5 Å². The molecule has 6 N–H and O–H groups in total. The topological polar surface area (TPSA) is 183 Å². The molecule has 1 aliphatic heterocycles. The Labute approximate surface area is 305 Å². The van der Waals surface area contributed by atoms with Crippen LogP contribution in [0, 0.1) is 0 Å². The third kappa shape index (κ3) is 14.5. The van der Waals surface area contributed by atoms with Gasteiger partial charge < -0.3 is 44.8 Å². The molecule has 0 aromatic heterocycles. The Bertz CT molecular complexity index is 1540. The molecule has 282 valence electrons. The van der Waals surface area contributed by atoms with Crippen LogP contribution in [0.2, 0.25) is 0 Å². The highest BCUT2D eigenvalue weighted by atomic mass is 16.7. The first-order valence-electron chi connectivity index (χ1n) is 17.7. The number of aliphatic hydroxyl groups is 3. The predicted octanol–water partition coefficient (Wildman–Crippen LogP) is 6.27. The number of hydrogen-bond acceptors (Lipinski definition) is 11. The van der Waals surface area contributed by atoms with E-state index in [9.17, 15) is 40.2 Å². The number of ether oxygens (including phenoxy) is 3. The fourth-order valence-corrected chi connectivity index (χ4v) is 5.26. The van der Waals surface area contributed by atoms with Crippen LogP contribution in [-0.2, 0) is 20.7 Å². The molecule has 11 nitrogen and oxygen atoms in total. The minimum absolute atomic E-state index is 0.0746. The molecular weight excluding hydrogens is 668 g/mol. The normalized spacial score (nSPS) is 20.9. The molecule has 52 heavy (non-hydrogen) atoms. The number of aromatic hydroxyl groups is 3. The number of aryl methyl sites for hydroxylation is 1. The smallest absolute Gasteiger partial charge is 0.305 e. The lowest BCUT2D eigenvalue weighted by Crippen LogP contribution is -2.60. The molecule has 0 spiro atoms. The lowest BCUT2D eigenvalue weighted by molar-refractivity contribution is -0.278. The number of rotatable bonds is 21. The number of Topliss-reactive ketones (excluding diaryl/α,β-unsaturated/α-hetero) is 1. The molecule has 2 aromatic carbocycles. The van der Waals surface area contributed by atoms with Gasteiger partial charge in [-0.3, -0.25) is 9.59 Å². The standard InChI is InChI=1S/C41H52O11/c1-2-3-4-5-6-7-8-9-10-11-12-13-14-15-16-17-18-19-36(46)50-28-35-38(47)39(48)40(49)41(52-35)51-34-27-31(43)26-33(45)37(34)32(44)25-22-29-20-23-30(42)24-21-29/h3-4,6-7,9-10,12-13,15-16,20-21,23-24,26-27,35,38-43,45,47-49H,2,5,8,11,14,17-19,22,25,28H2,1H3/b4-3-,7-6-,10-9-,13-12-,16-15-/t35-,38-,39+,40-,41-/m1/s1. The highest BCUT2D eigenvalue weighted by molar-refractivity contribution is 6.01. The Hall–Kier alpha value is -4.68. The van der Waals surface area contributed by atoms with Gasteiger partial charge in [0.2, 0.25) is 6.29 Å². The molecule has 1 aliphatic rings. The Kier molecular flexibility index (Phi) is 18.5. The van der Waals surface area contributed by atoms with Crippen molar-refractivity contribution in [3.8, 4) is 23.0 Å². The molecule has 0 saturated carbocycles. The number of unbranched alkanes of at least 4 members (excludes halogenated alkanes) is 1. The number of phenols is 3. The van der Waals surface area contributed by atoms with Gasteiger partial charge in [0.15, 0.2) is 5.78 Å². The van der Waals surface area contributed by atoms with E-state index in [4.69, 9.17) is 14.2 Å². The quantitative estimate of drug-likeness (QED) is 0.0370. The monoisotopic (exact) mass is 720 g/mol. The van der Waals surface area contributed by atoms with Gasteiger partial charge in [-0.1, -0.05) is 79.8 Å². The molecule has 1 heterocycles. The lowest BCUT2D eigenvalue weighted by Gasteiger charge is -2.40. The highest BCUT2D eigenvalue weighted by Crippen LogP contribution is 2.36. The number of phenolic OH excluding ortho intramolecular Hbond substituents is 3. The van der Waals surface area contributed by atoms with Crippen LogP contribution in [0.4, 0.5) is 0 Å². The lowest BCUT2D eigenvalue weighted by atomic mass is 9.98. The van der Waals surface area contributed by atoms with Gasteiger partial charge >= 0.3 is 5.97 Å². The average molecular weight is 721 g/mol. The maximum atomic E-state index is 13.1. The number of carbonyl (C=O) groups is 2. The zero-order chi connectivity index (χ0) is 37.7. The third-order valence-electron chi connectivity index (χ3n) is 8.15. The van der Waals surface area contributed by atoms with E-state index < -0.39 is 60.6 Å². The number of esters is 1. The molecule has 3 rings (SSSR count). The molecule has 0 aliphatic carbocycles. The van der Waals surface area contributed by atoms with Crippen molar-refractivity contribution in [2.45, 2.75) is 102 Å². The van der Waals surface area contributed by atoms with Crippen LogP contribution in [0.1, 0.15) is 80.6 Å². The van der Waals surface area contributed by atoms with Crippen molar-refractivity contribution in [1.82, 2.24) is 0 Å². The second-order valence-corrected chi connectivity index (χ2v) is 12.3. The summed E-state index contributed by atoms with van der Waals surface area (Å²) in [6.07, 6.45) is 19.1. The fraction of sp³-hybridized carbons (Fsp3) is 0.415. The third-order valence-corrected chi connectivity index (χ3v) is 8.15. The Morgan fingerprint density at radius 3 is 1.94 bits per heavy atom. The van der Waals surface area contributed by atoms with Crippen LogP contribution in [0.5, 0.6) is 23.0 Å². The number of carbonyl (C=O) groups excluding carboxylic acids is 2. The van der Waals surface area contributed by atoms with Crippen molar-refractivity contribution in [3.63, 3.8) is 0 Å². The summed E-state index contributed by atoms with van der Waals surface area (Å²) in [6.45, 7) is 1.67. The van der Waals surface area contributed by atoms with E-state index in [0.717, 1.165) is 49.8 Å². The van der Waals surface area contributed by atoms with Gasteiger partial charge in [-0.25, -0.2) is 0 Å². The van der Waals surface area contributed by atoms with Gasteiger partial charge in [-0.15, -0.1) is 0 Å². The second kappa shape index (κ2) is 23.0. The van der Waals surface area contributed by atoms with Gasteiger partial charge in [0.05, 0.1) is 0 Å². The summed E-state index contributed by atoms with van der Waals surface area (Å²) in [4.78, 5) is 25.5. The van der Waals surface area contributed by atoms with Crippen LogP contribution >= 0.6 is 0 Å². The SMILES string of the molecule is CC/C=C\C/C=C\C/C=C\C/C=C\C/C=C\CCCC(=O)OC[C@H]1O[C@@H](Oc2cc(O)cc(O)c2C(=O)CCc2ccc(O)cc2)[C@H](O)[C@@H](O)[C@@H]1O. The molecule has 0 amide bonds. The van der Waals surface area contributed by atoms with Crippen LogP contribution in [-0.4, -0.2) is 79.7 Å². The van der Waals surface area contributed by atoms with Crippen molar-refractivity contribution < 1.29 is 54.4 Å². The van der Waals surface area contributed by atoms with Crippen molar-refractivity contribution in [1.29, 1.82) is 0 Å². The highest BCUT2D eigenvalue weighted by Gasteiger charge is 2.46. The fourth-order valence-electron chi connectivity index (χ4n) is 5.26. The van der Waals surface area contributed by atoms with Gasteiger partial charge in [0, 0.05) is 25.0 Å². The summed E-state index contributed by atoms with van der Waals surface area (Å²) in [5, 5.41) is 61.7. The number of benzene rings is 2. The van der Waals surface area contributed by atoms with Gasteiger partial charge in [0.1, 0.15) is 59.6 Å². The minimum Gasteiger partial charge on any atom is -0.508 e. The van der Waals surface area contributed by atoms with Crippen LogP contribution in [0.15, 0.2) is 97.2 Å². The van der Waals surface area contributed by atoms with Crippen molar-refractivity contribution >= 4 is 11.8 Å². The first-order chi connectivity index (χ1) is 25.1. The van der Waals surface area contributed by atoms with E-state index in [-0.39, 0.29) is 36.3 Å². The molecule has 1 fully saturated rings. The summed E-state index contributed by atoms with van der Waals surface area (Å²) in [6, 6.07) is 8.27. The van der Waals surface area contributed by atoms with Crippen molar-refractivity contribution in [3.05, 3.63) is 108 Å². The number of hydrogen-bond donors (Lipinski definition) is 6. The summed E-state index contributed by atoms with van der Waals surface area (Å²) < 4.78 is 16.6. The van der Waals surface area contributed by atoms with Gasteiger partial charge in [-0.05, 0) is 69.1 Å². The Balaban J connectivity index is 1.43. The van der Waals surface area contributed by atoms with E-state index in [0.29, 0.717) is 12.8 Å². The summed E-state index contributed by atoms with van der Waals surface area (Å²) in [7, 11) is 0. The molecule has 11 heteroatoms. The van der Waals surface area contributed by atoms with E-state index in [1.165, 1.54) is 12.1 Å². The average Bonchev–Trinajstić information content (AvgIpc) is 3.12. The summed E-state index contributed by atoms with van der Waals surface area (Å²) >= 11 is 0. The van der Waals surface area contributed by atoms with Crippen molar-refractivity contribution in [2.75, 3.05) is 6.61 Å². The Morgan fingerprint density at radius 1 is 0.731 bits per heavy atom. The van der Waals surface area contributed by atoms with E-state index >= 15 is 0 Å². The number of aliphatic hydroxyl groups excluding tert-OH is 3. The van der Waals surface area contributed by atoms with Crippen LogP contribution < -0.4 is 4.74 Å². The van der Waals surface area contributed by atoms with Crippen LogP contribution in [0.25, 0.3) is 0 Å². The molecule has 5 atom stereocenters. The maximum Gasteiger partial charge on any atom is 0.305 e. The van der Waals surface area contributed by atoms with Gasteiger partial charge in [0.25, 0.3) is 0 Å². The molecule has 0 bridgehead atoms. The van der Waals surface area contributed by atoms with Crippen LogP contribution in [0.3, 0.4) is 0 Å². The number of ketones is 1. The predicted molar refractivity (Wildman–Crippen MR) is 197 cm³/mol. The second-order valence-electron chi connectivity index (χ2n) is 12.3. The Morgan fingerprint density at radius 2 is 1.33 bits per heavy atom. The molecule has 1 saturated heterocycles. The zero-order valence-corrected chi connectivity index (χ0v) is 29.6. The first kappa shape index (κ1) is 41.7. The molecule has 0 radical (unpaired) electrons. The number of allylic oxidation sites excluding steroid dienone is 10. The first-order valence-corrected chi connectivity index (χ1v) is 17.7. The van der Waals surface area contributed by atoms with Gasteiger partial charge in [-0.2, -0.15) is 0 Å². The molecular formula is C41H52O11. The molecule has 0 unspecified atom stereocenters. The van der Waals surface area contributed by atoms with E-state index in [1.807, 2.05) is 12.2 Å².